The van der Waals surface area contributed by atoms with E-state index < -0.39 is 10.0 Å². The van der Waals surface area contributed by atoms with Crippen LogP contribution in [-0.2, 0) is 10.0 Å². The van der Waals surface area contributed by atoms with E-state index in [9.17, 15) is 8.42 Å². The number of nitriles is 1. The highest BCUT2D eigenvalue weighted by molar-refractivity contribution is 7.89. The van der Waals surface area contributed by atoms with Crippen molar-refractivity contribution in [2.45, 2.75) is 4.90 Å². The maximum Gasteiger partial charge on any atom is 0.242 e. The zero-order valence-electron chi connectivity index (χ0n) is 8.07. The third-order valence-corrected chi connectivity index (χ3v) is 3.87. The summed E-state index contributed by atoms with van der Waals surface area (Å²) in [6, 6.07) is 5.88. The minimum absolute atomic E-state index is 0.0704. The third-order valence-electron chi connectivity index (χ3n) is 1.74. The summed E-state index contributed by atoms with van der Waals surface area (Å²) in [5.74, 6) is 0.161. The fraction of sp³-hybridized carbons (Fsp3) is 0.222. The van der Waals surface area contributed by atoms with Gasteiger partial charge in [0.25, 0.3) is 0 Å². The maximum absolute atomic E-state index is 11.7. The number of nitrogens with zero attached hydrogens (tertiary/aromatic N) is 1. The van der Waals surface area contributed by atoms with E-state index in [-0.39, 0.29) is 27.9 Å². The van der Waals surface area contributed by atoms with E-state index in [4.69, 9.17) is 28.5 Å². The van der Waals surface area contributed by atoms with Crippen molar-refractivity contribution in [3.63, 3.8) is 0 Å². The molecule has 0 unspecified atom stereocenters. The molecule has 16 heavy (non-hydrogen) atoms. The van der Waals surface area contributed by atoms with Gasteiger partial charge in [0.2, 0.25) is 10.0 Å². The van der Waals surface area contributed by atoms with Crippen molar-refractivity contribution in [3.8, 4) is 6.07 Å². The van der Waals surface area contributed by atoms with Crippen LogP contribution in [0.3, 0.4) is 0 Å². The average molecular weight is 279 g/mol. The molecule has 0 bridgehead atoms. The van der Waals surface area contributed by atoms with E-state index in [0.717, 1.165) is 0 Å². The van der Waals surface area contributed by atoms with Gasteiger partial charge in [0.15, 0.2) is 0 Å². The van der Waals surface area contributed by atoms with Crippen LogP contribution in [0, 0.1) is 11.3 Å². The lowest BCUT2D eigenvalue weighted by Crippen LogP contribution is -2.25. The van der Waals surface area contributed by atoms with Crippen molar-refractivity contribution in [2.24, 2.45) is 0 Å². The summed E-state index contributed by atoms with van der Waals surface area (Å²) in [7, 11) is -3.70. The Balaban J connectivity index is 3.17. The monoisotopic (exact) mass is 278 g/mol. The van der Waals surface area contributed by atoms with Crippen molar-refractivity contribution >= 4 is 33.2 Å². The highest BCUT2D eigenvalue weighted by Gasteiger charge is 2.17. The van der Waals surface area contributed by atoms with Gasteiger partial charge in [-0.2, -0.15) is 5.26 Å². The molecule has 4 nitrogen and oxygen atoms in total. The first-order chi connectivity index (χ1) is 7.51. The lowest BCUT2D eigenvalue weighted by molar-refractivity contribution is 0.584. The van der Waals surface area contributed by atoms with Gasteiger partial charge in [-0.15, -0.1) is 11.6 Å². The standard InChI is InChI=1S/C9H8Cl2N2O2S/c10-3-4-13-16(14,15)9-5-7(6-12)1-2-8(9)11/h1-2,5,13H,3-4H2. The smallest absolute Gasteiger partial charge is 0.210 e. The van der Waals surface area contributed by atoms with Crippen molar-refractivity contribution in [1.82, 2.24) is 4.72 Å². The first-order valence-electron chi connectivity index (χ1n) is 4.26. The van der Waals surface area contributed by atoms with E-state index in [0.29, 0.717) is 0 Å². The zero-order valence-corrected chi connectivity index (χ0v) is 10.4. The molecule has 0 atom stereocenters. The van der Waals surface area contributed by atoms with Crippen molar-refractivity contribution < 1.29 is 8.42 Å². The van der Waals surface area contributed by atoms with Crippen LogP contribution in [0.25, 0.3) is 0 Å². The SMILES string of the molecule is N#Cc1ccc(Cl)c(S(=O)(=O)NCCCl)c1. The number of nitrogens with one attached hydrogen (secondary N) is 1. The molecule has 0 spiro atoms. The van der Waals surface area contributed by atoms with Gasteiger partial charge in [-0.3, -0.25) is 0 Å². The molecule has 0 fully saturated rings. The molecular formula is C9H8Cl2N2O2S. The molecule has 0 radical (unpaired) electrons. The lowest BCUT2D eigenvalue weighted by atomic mass is 10.2. The van der Waals surface area contributed by atoms with Gasteiger partial charge in [0.05, 0.1) is 16.7 Å². The predicted molar refractivity (Wildman–Crippen MR) is 62.1 cm³/mol. The molecule has 0 amide bonds. The van der Waals surface area contributed by atoms with Crippen LogP contribution in [-0.4, -0.2) is 20.8 Å². The van der Waals surface area contributed by atoms with E-state index in [1.807, 2.05) is 6.07 Å². The fourth-order valence-corrected chi connectivity index (χ4v) is 2.79. The van der Waals surface area contributed by atoms with Crippen LogP contribution in [0.1, 0.15) is 5.56 Å². The van der Waals surface area contributed by atoms with Crippen LogP contribution >= 0.6 is 23.2 Å². The van der Waals surface area contributed by atoms with Crippen molar-refractivity contribution in [3.05, 3.63) is 28.8 Å². The van der Waals surface area contributed by atoms with Crippen LogP contribution in [0.5, 0.6) is 0 Å². The fourth-order valence-electron chi connectivity index (χ4n) is 1.03. The van der Waals surface area contributed by atoms with Crippen LogP contribution in [0.4, 0.5) is 0 Å². The predicted octanol–water partition coefficient (Wildman–Crippen LogP) is 1.73. The Labute approximate surface area is 104 Å². The largest absolute Gasteiger partial charge is 0.242 e. The van der Waals surface area contributed by atoms with Gasteiger partial charge >= 0.3 is 0 Å². The molecule has 1 aromatic rings. The van der Waals surface area contributed by atoms with E-state index >= 15 is 0 Å². The van der Waals surface area contributed by atoms with Gasteiger partial charge in [0.1, 0.15) is 4.90 Å². The van der Waals surface area contributed by atoms with Gasteiger partial charge < -0.3 is 0 Å². The number of alkyl halides is 1. The average Bonchev–Trinajstić information content (AvgIpc) is 2.27. The first-order valence-corrected chi connectivity index (χ1v) is 6.66. The Morgan fingerprint density at radius 3 is 2.69 bits per heavy atom. The normalized spacial score (nSPS) is 11.1. The molecule has 1 rings (SSSR count). The maximum atomic E-state index is 11.7. The molecular weight excluding hydrogens is 271 g/mol. The summed E-state index contributed by atoms with van der Waals surface area (Å²) < 4.78 is 25.7. The topological polar surface area (TPSA) is 70.0 Å². The molecule has 0 saturated carbocycles. The Hall–Kier alpha value is -0.800. The molecule has 86 valence electrons. The van der Waals surface area contributed by atoms with Gasteiger partial charge in [-0.1, -0.05) is 11.6 Å². The Morgan fingerprint density at radius 1 is 1.44 bits per heavy atom. The van der Waals surface area contributed by atoms with Crippen molar-refractivity contribution in [1.29, 1.82) is 5.26 Å². The number of hydrogen-bond donors (Lipinski definition) is 1. The second-order valence-corrected chi connectivity index (χ2v) is 5.36. The Kier molecular flexibility index (Phi) is 4.56. The van der Waals surface area contributed by atoms with E-state index in [2.05, 4.69) is 4.72 Å². The molecule has 0 aliphatic rings. The molecule has 1 aromatic carbocycles. The number of halogens is 2. The molecule has 0 aliphatic carbocycles. The summed E-state index contributed by atoms with van der Waals surface area (Å²) in [5, 5.41) is 8.74. The Bertz CT molecular complexity index is 523. The van der Waals surface area contributed by atoms with Crippen LogP contribution < -0.4 is 4.72 Å². The van der Waals surface area contributed by atoms with Gasteiger partial charge in [-0.25, -0.2) is 13.1 Å². The molecule has 0 saturated heterocycles. The highest BCUT2D eigenvalue weighted by Crippen LogP contribution is 2.22. The number of rotatable bonds is 4. The molecule has 0 aromatic heterocycles. The summed E-state index contributed by atoms with van der Waals surface area (Å²) in [6.45, 7) is 0.108. The Morgan fingerprint density at radius 2 is 2.12 bits per heavy atom. The minimum atomic E-state index is -3.70. The summed E-state index contributed by atoms with van der Waals surface area (Å²) in [6.07, 6.45) is 0. The third kappa shape index (κ3) is 3.09. The highest BCUT2D eigenvalue weighted by atomic mass is 35.5. The summed E-state index contributed by atoms with van der Waals surface area (Å²) >= 11 is 11.1. The summed E-state index contributed by atoms with van der Waals surface area (Å²) in [5.41, 5.74) is 0.232. The quantitative estimate of drug-likeness (QED) is 0.853. The first kappa shape index (κ1) is 13.3. The van der Waals surface area contributed by atoms with Gasteiger partial charge in [0, 0.05) is 12.4 Å². The van der Waals surface area contributed by atoms with Crippen molar-refractivity contribution in [2.75, 3.05) is 12.4 Å². The number of benzene rings is 1. The summed E-state index contributed by atoms with van der Waals surface area (Å²) in [4.78, 5) is -0.113. The van der Waals surface area contributed by atoms with Crippen LogP contribution in [0.2, 0.25) is 5.02 Å². The van der Waals surface area contributed by atoms with E-state index in [1.54, 1.807) is 0 Å². The lowest BCUT2D eigenvalue weighted by Gasteiger charge is -2.07. The zero-order chi connectivity index (χ0) is 12.2. The molecule has 7 heteroatoms. The number of sulfonamides is 1. The molecule has 1 N–H and O–H groups in total. The van der Waals surface area contributed by atoms with Crippen LogP contribution in [0.15, 0.2) is 23.1 Å². The second kappa shape index (κ2) is 5.51. The number of hydrogen-bond acceptors (Lipinski definition) is 3. The molecule has 0 aliphatic heterocycles. The van der Waals surface area contributed by atoms with E-state index in [1.165, 1.54) is 18.2 Å². The molecule has 0 heterocycles. The minimum Gasteiger partial charge on any atom is -0.210 e. The second-order valence-electron chi connectivity index (χ2n) is 2.84. The van der Waals surface area contributed by atoms with Gasteiger partial charge in [-0.05, 0) is 18.2 Å².